The van der Waals surface area contributed by atoms with Crippen LogP contribution in [0.4, 0.5) is 0 Å². The molecule has 0 radical (unpaired) electrons. The van der Waals surface area contributed by atoms with Gasteiger partial charge in [0.05, 0.1) is 6.26 Å². The first kappa shape index (κ1) is 16.9. The normalized spacial score (nSPS) is 28.0. The van der Waals surface area contributed by atoms with Crippen LogP contribution in [-0.2, 0) is 21.2 Å². The predicted molar refractivity (Wildman–Crippen MR) is 92.0 cm³/mol. The summed E-state index contributed by atoms with van der Waals surface area (Å²) in [4.78, 5) is 13.5. The Morgan fingerprint density at radius 2 is 2.00 bits per heavy atom. The van der Waals surface area contributed by atoms with Crippen molar-refractivity contribution in [1.82, 2.24) is 9.62 Å². The zero-order chi connectivity index (χ0) is 16.6. The molecule has 5 nitrogen and oxygen atoms in total. The molecule has 1 aromatic rings. The number of fused-ring (bicyclic) bond motifs is 2. The second kappa shape index (κ2) is 6.53. The molecule has 2 aliphatic heterocycles. The van der Waals surface area contributed by atoms with Crippen molar-refractivity contribution in [2.75, 3.05) is 6.26 Å². The summed E-state index contributed by atoms with van der Waals surface area (Å²) in [6.45, 7) is 2.07. The number of thiophene rings is 1. The van der Waals surface area contributed by atoms with Gasteiger partial charge in [-0.05, 0) is 56.0 Å². The number of amides is 1. The number of carbonyl (C=O) groups is 1. The van der Waals surface area contributed by atoms with E-state index in [4.69, 9.17) is 0 Å². The second-order valence-electron chi connectivity index (χ2n) is 6.74. The summed E-state index contributed by atoms with van der Waals surface area (Å²) in [7, 11) is -3.14. The molecule has 2 bridgehead atoms. The van der Waals surface area contributed by atoms with Crippen molar-refractivity contribution in [3.05, 3.63) is 21.9 Å². The Morgan fingerprint density at radius 3 is 2.52 bits per heavy atom. The van der Waals surface area contributed by atoms with Crippen LogP contribution >= 0.6 is 11.3 Å². The third-order valence-corrected chi connectivity index (χ3v) is 7.41. The number of piperidine rings is 1. The Labute approximate surface area is 142 Å². The summed E-state index contributed by atoms with van der Waals surface area (Å²) in [6.07, 6.45) is 5.89. The average Bonchev–Trinajstić information content (AvgIpc) is 2.98. The molecule has 23 heavy (non-hydrogen) atoms. The van der Waals surface area contributed by atoms with Crippen LogP contribution in [0.1, 0.15) is 42.5 Å². The highest BCUT2D eigenvalue weighted by Crippen LogP contribution is 2.37. The lowest BCUT2D eigenvalue weighted by molar-refractivity contribution is -0.122. The summed E-state index contributed by atoms with van der Waals surface area (Å²) < 4.78 is 25.4. The van der Waals surface area contributed by atoms with Gasteiger partial charge in [0.25, 0.3) is 0 Å². The van der Waals surface area contributed by atoms with Crippen molar-refractivity contribution in [2.45, 2.75) is 63.6 Å². The smallest absolute Gasteiger partial charge is 0.220 e. The molecule has 0 saturated carbocycles. The lowest BCUT2D eigenvalue weighted by atomic mass is 9.99. The number of hydrogen-bond acceptors (Lipinski definition) is 4. The van der Waals surface area contributed by atoms with Crippen molar-refractivity contribution in [1.29, 1.82) is 0 Å². The zero-order valence-electron chi connectivity index (χ0n) is 13.6. The number of nitrogens with one attached hydrogen (secondary N) is 1. The Balaban J connectivity index is 1.52. The molecule has 0 aliphatic carbocycles. The minimum absolute atomic E-state index is 0.0635. The number of rotatable bonds is 5. The molecule has 1 amide bonds. The fourth-order valence-corrected chi connectivity index (χ4v) is 6.36. The largest absolute Gasteiger partial charge is 0.353 e. The summed E-state index contributed by atoms with van der Waals surface area (Å²) in [5.41, 5.74) is 1.25. The molecular formula is C16H24N2O3S2. The quantitative estimate of drug-likeness (QED) is 0.878. The van der Waals surface area contributed by atoms with Gasteiger partial charge >= 0.3 is 0 Å². The average molecular weight is 357 g/mol. The van der Waals surface area contributed by atoms with E-state index in [0.717, 1.165) is 32.1 Å². The highest BCUT2D eigenvalue weighted by Gasteiger charge is 2.45. The molecule has 2 saturated heterocycles. The van der Waals surface area contributed by atoms with Crippen molar-refractivity contribution in [3.63, 3.8) is 0 Å². The Bertz CT molecular complexity index is 669. The summed E-state index contributed by atoms with van der Waals surface area (Å²) in [5, 5.41) is 5.17. The highest BCUT2D eigenvalue weighted by atomic mass is 32.2. The first-order chi connectivity index (χ1) is 10.8. The zero-order valence-corrected chi connectivity index (χ0v) is 15.3. The molecule has 0 spiro atoms. The van der Waals surface area contributed by atoms with E-state index in [2.05, 4.69) is 23.7 Å². The van der Waals surface area contributed by atoms with Crippen LogP contribution in [-0.4, -0.2) is 43.0 Å². The topological polar surface area (TPSA) is 66.5 Å². The van der Waals surface area contributed by atoms with E-state index >= 15 is 0 Å². The maximum atomic E-state index is 12.2. The molecule has 1 aromatic heterocycles. The van der Waals surface area contributed by atoms with Crippen LogP contribution in [0.2, 0.25) is 0 Å². The molecule has 2 unspecified atom stereocenters. The molecule has 2 aliphatic rings. The minimum Gasteiger partial charge on any atom is -0.353 e. The SMILES string of the molecule is Cc1ccsc1CCC(=O)NC1CC2CCC(C1)N2S(C)(=O)=O. The lowest BCUT2D eigenvalue weighted by Gasteiger charge is -2.37. The molecule has 7 heteroatoms. The van der Waals surface area contributed by atoms with Gasteiger partial charge in [0.1, 0.15) is 0 Å². The monoisotopic (exact) mass is 356 g/mol. The fraction of sp³-hybridized carbons (Fsp3) is 0.688. The van der Waals surface area contributed by atoms with Gasteiger partial charge in [0, 0.05) is 29.4 Å². The standard InChI is InChI=1S/C16H24N2O3S2/c1-11-7-8-22-15(11)5-6-16(19)17-12-9-13-3-4-14(10-12)18(13)23(2,20)21/h7-8,12-14H,3-6,9-10H2,1-2H3,(H,17,19). The van der Waals surface area contributed by atoms with Gasteiger partial charge in [0.2, 0.25) is 15.9 Å². The van der Waals surface area contributed by atoms with Crippen LogP contribution in [0.5, 0.6) is 0 Å². The van der Waals surface area contributed by atoms with Crippen molar-refractivity contribution in [2.24, 2.45) is 0 Å². The number of nitrogens with zero attached hydrogens (tertiary/aromatic N) is 1. The van der Waals surface area contributed by atoms with Crippen LogP contribution in [0.25, 0.3) is 0 Å². The Kier molecular flexibility index (Phi) is 4.80. The van der Waals surface area contributed by atoms with E-state index in [9.17, 15) is 13.2 Å². The molecule has 3 rings (SSSR count). The third-order valence-electron chi connectivity index (χ3n) is 4.96. The minimum atomic E-state index is -3.14. The van der Waals surface area contributed by atoms with Crippen molar-refractivity contribution in [3.8, 4) is 0 Å². The van der Waals surface area contributed by atoms with E-state index in [0.29, 0.717) is 6.42 Å². The predicted octanol–water partition coefficient (Wildman–Crippen LogP) is 2.06. The van der Waals surface area contributed by atoms with Crippen LogP contribution in [0, 0.1) is 6.92 Å². The lowest BCUT2D eigenvalue weighted by Crippen LogP contribution is -2.52. The number of carbonyl (C=O) groups excluding carboxylic acids is 1. The van der Waals surface area contributed by atoms with E-state index in [1.807, 2.05) is 0 Å². The van der Waals surface area contributed by atoms with Gasteiger partial charge in [-0.15, -0.1) is 11.3 Å². The maximum Gasteiger partial charge on any atom is 0.220 e. The second-order valence-corrected chi connectivity index (χ2v) is 9.63. The Morgan fingerprint density at radius 1 is 1.35 bits per heavy atom. The summed E-state index contributed by atoms with van der Waals surface area (Å²) >= 11 is 1.70. The van der Waals surface area contributed by atoms with Gasteiger partial charge in [-0.3, -0.25) is 4.79 Å². The van der Waals surface area contributed by atoms with Gasteiger partial charge in [0.15, 0.2) is 0 Å². The van der Waals surface area contributed by atoms with E-state index in [1.165, 1.54) is 16.7 Å². The first-order valence-electron chi connectivity index (χ1n) is 8.15. The third kappa shape index (κ3) is 3.78. The molecule has 0 aromatic carbocycles. The summed E-state index contributed by atoms with van der Waals surface area (Å²) in [5.74, 6) is 0.0787. The molecule has 2 fully saturated rings. The number of hydrogen-bond donors (Lipinski definition) is 1. The van der Waals surface area contributed by atoms with Gasteiger partial charge in [-0.2, -0.15) is 4.31 Å². The van der Waals surface area contributed by atoms with Gasteiger partial charge in [-0.1, -0.05) is 0 Å². The highest BCUT2D eigenvalue weighted by molar-refractivity contribution is 7.88. The summed E-state index contributed by atoms with van der Waals surface area (Å²) in [6, 6.07) is 2.32. The van der Waals surface area contributed by atoms with Crippen LogP contribution in [0.15, 0.2) is 11.4 Å². The fourth-order valence-electron chi connectivity index (χ4n) is 3.98. The number of aryl methyl sites for hydroxylation is 2. The van der Waals surface area contributed by atoms with Gasteiger partial charge < -0.3 is 5.32 Å². The van der Waals surface area contributed by atoms with E-state index in [1.54, 1.807) is 15.6 Å². The first-order valence-corrected chi connectivity index (χ1v) is 10.9. The maximum absolute atomic E-state index is 12.2. The Hall–Kier alpha value is -0.920. The van der Waals surface area contributed by atoms with Crippen LogP contribution < -0.4 is 5.32 Å². The van der Waals surface area contributed by atoms with E-state index in [-0.39, 0.29) is 24.0 Å². The molecule has 2 atom stereocenters. The van der Waals surface area contributed by atoms with Gasteiger partial charge in [-0.25, -0.2) is 8.42 Å². The van der Waals surface area contributed by atoms with Crippen molar-refractivity contribution >= 4 is 27.3 Å². The number of sulfonamides is 1. The van der Waals surface area contributed by atoms with E-state index < -0.39 is 10.0 Å². The molecule has 1 N–H and O–H groups in total. The van der Waals surface area contributed by atoms with Crippen LogP contribution in [0.3, 0.4) is 0 Å². The molecule has 128 valence electrons. The molecular weight excluding hydrogens is 332 g/mol. The van der Waals surface area contributed by atoms with Crippen molar-refractivity contribution < 1.29 is 13.2 Å². The molecule has 3 heterocycles.